The fourth-order valence-electron chi connectivity index (χ4n) is 2.65. The number of fused-ring (bicyclic) bond motifs is 2. The van der Waals surface area contributed by atoms with E-state index in [0.29, 0.717) is 23.7 Å². The van der Waals surface area contributed by atoms with Crippen LogP contribution in [0.1, 0.15) is 18.1 Å². The lowest BCUT2D eigenvalue weighted by atomic mass is 9.99. The molecular formula is C14H14N6O2. The molecule has 22 heavy (non-hydrogen) atoms. The van der Waals surface area contributed by atoms with Gasteiger partial charge in [-0.2, -0.15) is 10.1 Å². The zero-order valence-electron chi connectivity index (χ0n) is 11.8. The Morgan fingerprint density at radius 3 is 3.32 bits per heavy atom. The van der Waals surface area contributed by atoms with Crippen LogP contribution in [0.15, 0.2) is 29.1 Å². The van der Waals surface area contributed by atoms with Crippen LogP contribution in [-0.2, 0) is 24.3 Å². The molecule has 0 bridgehead atoms. The van der Waals surface area contributed by atoms with E-state index in [0.717, 1.165) is 18.7 Å². The fraction of sp³-hybridized carbons (Fsp3) is 0.357. The molecule has 4 heterocycles. The summed E-state index contributed by atoms with van der Waals surface area (Å²) in [5.41, 5.74) is 1.17. The zero-order valence-corrected chi connectivity index (χ0v) is 11.8. The second kappa shape index (κ2) is 5.21. The maximum Gasteiger partial charge on any atom is 0.225 e. The van der Waals surface area contributed by atoms with Gasteiger partial charge < -0.3 is 9.73 Å². The van der Waals surface area contributed by atoms with Crippen LogP contribution in [0.2, 0.25) is 0 Å². The molecule has 0 aliphatic carbocycles. The van der Waals surface area contributed by atoms with Gasteiger partial charge in [0.05, 0.1) is 19.0 Å². The Balaban J connectivity index is 1.40. The number of nitrogens with zero attached hydrogens (tertiary/aromatic N) is 5. The van der Waals surface area contributed by atoms with Gasteiger partial charge in [0.1, 0.15) is 12.2 Å². The topological polar surface area (TPSA) is 98.7 Å². The third kappa shape index (κ3) is 2.32. The zero-order chi connectivity index (χ0) is 14.9. The second-order valence-electron chi connectivity index (χ2n) is 5.24. The van der Waals surface area contributed by atoms with E-state index in [1.54, 1.807) is 23.0 Å². The third-order valence-corrected chi connectivity index (χ3v) is 3.80. The Bertz CT molecular complexity index is 790. The highest BCUT2D eigenvalue weighted by atomic mass is 16.3. The van der Waals surface area contributed by atoms with E-state index in [2.05, 4.69) is 25.4 Å². The predicted molar refractivity (Wildman–Crippen MR) is 75.5 cm³/mol. The molecule has 1 aliphatic rings. The molecule has 8 heteroatoms. The Kier molecular flexibility index (Phi) is 3.06. The SMILES string of the molecule is O=C(NCc1nc2ncccc2o1)C1CCc2ncnn2C1. The predicted octanol–water partition coefficient (Wildman–Crippen LogP) is 0.693. The minimum absolute atomic E-state index is 0.0173. The smallest absolute Gasteiger partial charge is 0.225 e. The number of rotatable bonds is 3. The van der Waals surface area contributed by atoms with Gasteiger partial charge in [-0.25, -0.2) is 14.6 Å². The molecule has 112 valence electrons. The van der Waals surface area contributed by atoms with Crippen LogP contribution in [0.3, 0.4) is 0 Å². The molecule has 4 rings (SSSR count). The normalized spacial score (nSPS) is 17.4. The minimum Gasteiger partial charge on any atom is -0.437 e. The van der Waals surface area contributed by atoms with Crippen molar-refractivity contribution in [2.24, 2.45) is 5.92 Å². The molecule has 0 fully saturated rings. The Hall–Kier alpha value is -2.77. The first-order chi connectivity index (χ1) is 10.8. The van der Waals surface area contributed by atoms with Gasteiger partial charge in [0.2, 0.25) is 11.8 Å². The summed E-state index contributed by atoms with van der Waals surface area (Å²) in [5.74, 6) is 1.28. The van der Waals surface area contributed by atoms with Crippen LogP contribution in [0.4, 0.5) is 0 Å². The Morgan fingerprint density at radius 1 is 1.45 bits per heavy atom. The molecule has 3 aromatic heterocycles. The first kappa shape index (κ1) is 12.9. The van der Waals surface area contributed by atoms with Crippen molar-refractivity contribution in [2.75, 3.05) is 0 Å². The van der Waals surface area contributed by atoms with Crippen molar-refractivity contribution < 1.29 is 9.21 Å². The molecule has 1 atom stereocenters. The van der Waals surface area contributed by atoms with E-state index in [1.165, 1.54) is 6.33 Å². The van der Waals surface area contributed by atoms with Gasteiger partial charge in [0, 0.05) is 12.6 Å². The summed E-state index contributed by atoms with van der Waals surface area (Å²) in [6.07, 6.45) is 4.73. The highest BCUT2D eigenvalue weighted by molar-refractivity contribution is 5.78. The van der Waals surface area contributed by atoms with E-state index in [9.17, 15) is 4.79 Å². The van der Waals surface area contributed by atoms with Gasteiger partial charge in [-0.05, 0) is 18.6 Å². The molecule has 0 spiro atoms. The van der Waals surface area contributed by atoms with E-state index in [1.807, 2.05) is 0 Å². The molecule has 1 unspecified atom stereocenters. The van der Waals surface area contributed by atoms with E-state index in [-0.39, 0.29) is 18.4 Å². The maximum atomic E-state index is 12.3. The van der Waals surface area contributed by atoms with Crippen molar-refractivity contribution in [2.45, 2.75) is 25.9 Å². The number of hydrogen-bond donors (Lipinski definition) is 1. The van der Waals surface area contributed by atoms with Crippen molar-refractivity contribution in [1.82, 2.24) is 30.0 Å². The molecule has 0 aromatic carbocycles. The van der Waals surface area contributed by atoms with E-state index in [4.69, 9.17) is 4.42 Å². The summed E-state index contributed by atoms with van der Waals surface area (Å²) in [6, 6.07) is 3.58. The molecule has 8 nitrogen and oxygen atoms in total. The lowest BCUT2D eigenvalue weighted by Crippen LogP contribution is -2.36. The van der Waals surface area contributed by atoms with Crippen LogP contribution in [0.25, 0.3) is 11.2 Å². The second-order valence-corrected chi connectivity index (χ2v) is 5.24. The summed E-state index contributed by atoms with van der Waals surface area (Å²) >= 11 is 0. The van der Waals surface area contributed by atoms with Crippen LogP contribution in [0.5, 0.6) is 0 Å². The van der Waals surface area contributed by atoms with Gasteiger partial charge >= 0.3 is 0 Å². The van der Waals surface area contributed by atoms with Gasteiger partial charge in [-0.1, -0.05) is 0 Å². The number of aryl methyl sites for hydroxylation is 1. The molecular weight excluding hydrogens is 284 g/mol. The number of oxazole rings is 1. The third-order valence-electron chi connectivity index (χ3n) is 3.80. The lowest BCUT2D eigenvalue weighted by Gasteiger charge is -2.21. The van der Waals surface area contributed by atoms with Crippen LogP contribution in [0, 0.1) is 5.92 Å². The van der Waals surface area contributed by atoms with E-state index >= 15 is 0 Å². The highest BCUT2D eigenvalue weighted by Gasteiger charge is 2.25. The molecule has 0 saturated carbocycles. The number of nitrogens with one attached hydrogen (secondary N) is 1. The van der Waals surface area contributed by atoms with Crippen molar-refractivity contribution in [3.8, 4) is 0 Å². The van der Waals surface area contributed by atoms with Crippen LogP contribution < -0.4 is 5.32 Å². The summed E-state index contributed by atoms with van der Waals surface area (Å²) in [5, 5.41) is 6.99. The standard InChI is InChI=1S/C14H14N6O2/c21-14(9-3-4-11-17-8-18-20(11)7-9)16-6-12-19-13-10(22-12)2-1-5-15-13/h1-2,5,8-9H,3-4,6-7H2,(H,16,21). The molecule has 1 aliphatic heterocycles. The number of amides is 1. The Morgan fingerprint density at radius 2 is 2.41 bits per heavy atom. The molecule has 1 amide bonds. The van der Waals surface area contributed by atoms with E-state index < -0.39 is 0 Å². The van der Waals surface area contributed by atoms with Crippen molar-refractivity contribution in [1.29, 1.82) is 0 Å². The minimum atomic E-state index is -0.100. The lowest BCUT2D eigenvalue weighted by molar-refractivity contribution is -0.126. The monoisotopic (exact) mass is 298 g/mol. The Labute approximate surface area is 125 Å². The molecule has 0 saturated heterocycles. The average molecular weight is 298 g/mol. The van der Waals surface area contributed by atoms with Gasteiger partial charge in [0.15, 0.2) is 11.2 Å². The molecule has 0 radical (unpaired) electrons. The fourth-order valence-corrected chi connectivity index (χ4v) is 2.65. The highest BCUT2D eigenvalue weighted by Crippen LogP contribution is 2.18. The van der Waals surface area contributed by atoms with Crippen molar-refractivity contribution in [3.05, 3.63) is 36.4 Å². The van der Waals surface area contributed by atoms with Crippen LogP contribution in [-0.4, -0.2) is 30.6 Å². The molecule has 1 N–H and O–H groups in total. The maximum absolute atomic E-state index is 12.3. The van der Waals surface area contributed by atoms with Crippen molar-refractivity contribution in [3.63, 3.8) is 0 Å². The quantitative estimate of drug-likeness (QED) is 0.764. The van der Waals surface area contributed by atoms with Gasteiger partial charge in [-0.15, -0.1) is 0 Å². The largest absolute Gasteiger partial charge is 0.437 e. The number of aromatic nitrogens is 5. The number of carbonyl (C=O) groups excluding carboxylic acids is 1. The van der Waals surface area contributed by atoms with Gasteiger partial charge in [-0.3, -0.25) is 4.79 Å². The summed E-state index contributed by atoms with van der Waals surface area (Å²) in [4.78, 5) is 24.8. The summed E-state index contributed by atoms with van der Waals surface area (Å²) in [6.45, 7) is 0.826. The first-order valence-corrected chi connectivity index (χ1v) is 7.14. The number of pyridine rings is 1. The summed E-state index contributed by atoms with van der Waals surface area (Å²) < 4.78 is 7.32. The molecule has 3 aromatic rings. The summed E-state index contributed by atoms with van der Waals surface area (Å²) in [7, 11) is 0. The van der Waals surface area contributed by atoms with Crippen molar-refractivity contribution >= 4 is 17.1 Å². The first-order valence-electron chi connectivity index (χ1n) is 7.14. The van der Waals surface area contributed by atoms with Crippen LogP contribution >= 0.6 is 0 Å². The average Bonchev–Trinajstić information content (AvgIpc) is 3.17. The van der Waals surface area contributed by atoms with Gasteiger partial charge in [0.25, 0.3) is 0 Å². The number of hydrogen-bond acceptors (Lipinski definition) is 6. The number of carbonyl (C=O) groups is 1.